The van der Waals surface area contributed by atoms with E-state index in [4.69, 9.17) is 4.74 Å². The molecule has 3 heteroatoms. The Balaban J connectivity index is 2.01. The van der Waals surface area contributed by atoms with Gasteiger partial charge in [-0.1, -0.05) is 35.2 Å². The summed E-state index contributed by atoms with van der Waals surface area (Å²) in [4.78, 5) is 11.8. The van der Waals surface area contributed by atoms with E-state index < -0.39 is 0 Å². The van der Waals surface area contributed by atoms with E-state index in [1.54, 1.807) is 0 Å². The van der Waals surface area contributed by atoms with E-state index in [1.165, 1.54) is 19.3 Å². The lowest BCUT2D eigenvalue weighted by atomic mass is 9.72. The fourth-order valence-electron chi connectivity index (χ4n) is 2.76. The van der Waals surface area contributed by atoms with Crippen molar-refractivity contribution in [1.29, 1.82) is 0 Å². The molecule has 0 aromatic rings. The van der Waals surface area contributed by atoms with Gasteiger partial charge in [0.05, 0.1) is 5.41 Å². The highest BCUT2D eigenvalue weighted by Gasteiger charge is 2.48. The standard InChI is InChI=1S/C11H17BrO2/c12-7-4-9-8-11(10(13)14-9)5-2-1-3-6-11/h9H,1-8H2/t9-/m1/s1. The largest absolute Gasteiger partial charge is 0.462 e. The quantitative estimate of drug-likeness (QED) is 0.564. The Morgan fingerprint density at radius 2 is 2.07 bits per heavy atom. The summed E-state index contributed by atoms with van der Waals surface area (Å²) in [6.45, 7) is 0. The summed E-state index contributed by atoms with van der Waals surface area (Å²) in [6.07, 6.45) is 7.94. The van der Waals surface area contributed by atoms with Gasteiger partial charge in [0.2, 0.25) is 0 Å². The monoisotopic (exact) mass is 260 g/mol. The van der Waals surface area contributed by atoms with Crippen LogP contribution in [0.25, 0.3) is 0 Å². The molecule has 0 radical (unpaired) electrons. The third kappa shape index (κ3) is 1.83. The highest BCUT2D eigenvalue weighted by Crippen LogP contribution is 2.46. The zero-order valence-electron chi connectivity index (χ0n) is 8.43. The molecule has 1 spiro atoms. The zero-order chi connectivity index (χ0) is 10.0. The molecule has 0 N–H and O–H groups in total. The van der Waals surface area contributed by atoms with Gasteiger partial charge < -0.3 is 4.74 Å². The fraction of sp³-hybridized carbons (Fsp3) is 0.909. The maximum Gasteiger partial charge on any atom is 0.312 e. The van der Waals surface area contributed by atoms with Crippen LogP contribution < -0.4 is 0 Å². The maximum absolute atomic E-state index is 11.8. The van der Waals surface area contributed by atoms with E-state index in [9.17, 15) is 4.79 Å². The van der Waals surface area contributed by atoms with E-state index in [0.29, 0.717) is 0 Å². The summed E-state index contributed by atoms with van der Waals surface area (Å²) in [5.74, 6) is 0.0863. The number of esters is 1. The van der Waals surface area contributed by atoms with Crippen LogP contribution in [0, 0.1) is 5.41 Å². The molecule has 0 aromatic carbocycles. The van der Waals surface area contributed by atoms with Gasteiger partial charge in [-0.05, 0) is 19.3 Å². The summed E-state index contributed by atoms with van der Waals surface area (Å²) in [5.41, 5.74) is -0.0783. The highest BCUT2D eigenvalue weighted by atomic mass is 79.9. The smallest absolute Gasteiger partial charge is 0.312 e. The molecule has 1 heterocycles. The van der Waals surface area contributed by atoms with Gasteiger partial charge in [0.25, 0.3) is 0 Å². The lowest BCUT2D eigenvalue weighted by molar-refractivity contribution is -0.150. The number of carbonyl (C=O) groups excluding carboxylic acids is 1. The molecule has 1 aliphatic heterocycles. The first-order valence-electron chi connectivity index (χ1n) is 5.54. The number of hydrogen-bond donors (Lipinski definition) is 0. The Kier molecular flexibility index (Phi) is 3.15. The molecule has 0 unspecified atom stereocenters. The average Bonchev–Trinajstić information content (AvgIpc) is 2.45. The van der Waals surface area contributed by atoms with E-state index in [2.05, 4.69) is 15.9 Å². The van der Waals surface area contributed by atoms with Crippen molar-refractivity contribution in [3.05, 3.63) is 0 Å². The minimum absolute atomic E-state index is 0.0783. The van der Waals surface area contributed by atoms with E-state index >= 15 is 0 Å². The van der Waals surface area contributed by atoms with Crippen LogP contribution in [0.1, 0.15) is 44.9 Å². The Hall–Kier alpha value is -0.0500. The van der Waals surface area contributed by atoms with Crippen molar-refractivity contribution < 1.29 is 9.53 Å². The Morgan fingerprint density at radius 1 is 1.36 bits per heavy atom. The molecule has 2 nitrogen and oxygen atoms in total. The van der Waals surface area contributed by atoms with Gasteiger partial charge in [0, 0.05) is 11.8 Å². The second-order valence-electron chi connectivity index (χ2n) is 4.55. The second-order valence-corrected chi connectivity index (χ2v) is 5.34. The highest BCUT2D eigenvalue weighted by molar-refractivity contribution is 9.09. The van der Waals surface area contributed by atoms with Gasteiger partial charge in [-0.2, -0.15) is 0 Å². The van der Waals surface area contributed by atoms with Gasteiger partial charge in [-0.3, -0.25) is 4.79 Å². The first kappa shape index (κ1) is 10.5. The van der Waals surface area contributed by atoms with Gasteiger partial charge >= 0.3 is 5.97 Å². The maximum atomic E-state index is 11.8. The predicted molar refractivity (Wildman–Crippen MR) is 58.4 cm³/mol. The van der Waals surface area contributed by atoms with E-state index in [-0.39, 0.29) is 17.5 Å². The van der Waals surface area contributed by atoms with Crippen molar-refractivity contribution in [3.63, 3.8) is 0 Å². The van der Waals surface area contributed by atoms with Crippen molar-refractivity contribution in [1.82, 2.24) is 0 Å². The van der Waals surface area contributed by atoms with Crippen molar-refractivity contribution in [3.8, 4) is 0 Å². The zero-order valence-corrected chi connectivity index (χ0v) is 10.0. The molecule has 14 heavy (non-hydrogen) atoms. The van der Waals surface area contributed by atoms with E-state index in [0.717, 1.165) is 31.0 Å². The van der Waals surface area contributed by atoms with Crippen molar-refractivity contribution in [2.75, 3.05) is 5.33 Å². The second kappa shape index (κ2) is 4.21. The van der Waals surface area contributed by atoms with Crippen LogP contribution in [0.4, 0.5) is 0 Å². The third-order valence-electron chi connectivity index (χ3n) is 3.57. The molecule has 2 rings (SSSR count). The summed E-state index contributed by atoms with van der Waals surface area (Å²) in [7, 11) is 0. The molecule has 1 saturated carbocycles. The fourth-order valence-corrected chi connectivity index (χ4v) is 3.27. The van der Waals surface area contributed by atoms with Gasteiger partial charge in [-0.15, -0.1) is 0 Å². The number of rotatable bonds is 2. The van der Waals surface area contributed by atoms with Crippen LogP contribution in [0.3, 0.4) is 0 Å². The van der Waals surface area contributed by atoms with Crippen molar-refractivity contribution in [2.24, 2.45) is 5.41 Å². The summed E-state index contributed by atoms with van der Waals surface area (Å²) >= 11 is 3.40. The summed E-state index contributed by atoms with van der Waals surface area (Å²) < 4.78 is 5.43. The van der Waals surface area contributed by atoms with Crippen LogP contribution in [0.15, 0.2) is 0 Å². The van der Waals surface area contributed by atoms with Crippen LogP contribution in [-0.4, -0.2) is 17.4 Å². The van der Waals surface area contributed by atoms with Crippen LogP contribution in [0.5, 0.6) is 0 Å². The minimum Gasteiger partial charge on any atom is -0.462 e. The molecular weight excluding hydrogens is 244 g/mol. The number of hydrogen-bond acceptors (Lipinski definition) is 2. The molecule has 0 bridgehead atoms. The lowest BCUT2D eigenvalue weighted by Crippen LogP contribution is -2.28. The third-order valence-corrected chi connectivity index (χ3v) is 4.02. The van der Waals surface area contributed by atoms with Crippen molar-refractivity contribution in [2.45, 2.75) is 51.0 Å². The first-order chi connectivity index (χ1) is 6.77. The van der Waals surface area contributed by atoms with Crippen LogP contribution >= 0.6 is 15.9 Å². The molecule has 2 aliphatic rings. The summed E-state index contributed by atoms with van der Waals surface area (Å²) in [6, 6.07) is 0. The molecule has 1 saturated heterocycles. The topological polar surface area (TPSA) is 26.3 Å². The average molecular weight is 261 g/mol. The Labute approximate surface area is 93.5 Å². The van der Waals surface area contributed by atoms with Gasteiger partial charge in [0.15, 0.2) is 0 Å². The normalized spacial score (nSPS) is 30.6. The molecule has 1 aliphatic carbocycles. The Morgan fingerprint density at radius 3 is 2.71 bits per heavy atom. The van der Waals surface area contributed by atoms with Gasteiger partial charge in [0.1, 0.15) is 6.10 Å². The number of halogens is 1. The number of carbonyl (C=O) groups is 1. The van der Waals surface area contributed by atoms with Crippen molar-refractivity contribution >= 4 is 21.9 Å². The van der Waals surface area contributed by atoms with Crippen LogP contribution in [0.2, 0.25) is 0 Å². The predicted octanol–water partition coefficient (Wildman–Crippen LogP) is 3.04. The molecule has 1 atom stereocenters. The lowest BCUT2D eigenvalue weighted by Gasteiger charge is -2.28. The SMILES string of the molecule is O=C1O[C@H](CCBr)CC12CCCCC2. The molecule has 80 valence electrons. The number of ether oxygens (including phenoxy) is 1. The first-order valence-corrected chi connectivity index (χ1v) is 6.66. The van der Waals surface area contributed by atoms with Crippen LogP contribution in [-0.2, 0) is 9.53 Å². The summed E-state index contributed by atoms with van der Waals surface area (Å²) in [5, 5.41) is 0.932. The van der Waals surface area contributed by atoms with E-state index in [1.807, 2.05) is 0 Å². The number of alkyl halides is 1. The number of cyclic esters (lactones) is 1. The molecule has 2 fully saturated rings. The van der Waals surface area contributed by atoms with Gasteiger partial charge in [-0.25, -0.2) is 0 Å². The Bertz CT molecular complexity index is 221. The molecule has 0 aromatic heterocycles. The molecular formula is C11H17BrO2. The minimum atomic E-state index is -0.0783. The molecule has 0 amide bonds.